The van der Waals surface area contributed by atoms with E-state index >= 15 is 0 Å². The maximum atomic E-state index is 2.46. The predicted octanol–water partition coefficient (Wildman–Crippen LogP) is 4.10. The Hall–Kier alpha value is 0.0649. The lowest BCUT2D eigenvalue weighted by molar-refractivity contribution is 0.433. The van der Waals surface area contributed by atoms with Crippen LogP contribution in [0, 0.1) is 11.8 Å². The summed E-state index contributed by atoms with van der Waals surface area (Å²) in [4.78, 5) is 0. The van der Waals surface area contributed by atoms with Crippen LogP contribution in [0.1, 0.15) is 46.0 Å². The summed E-state index contributed by atoms with van der Waals surface area (Å²) in [6.45, 7) is 6.01. The molecule has 0 radical (unpaired) electrons. The average Bonchev–Trinajstić information content (AvgIpc) is 2.53. The van der Waals surface area contributed by atoms with Crippen LogP contribution in [0.2, 0.25) is 18.5 Å². The summed E-state index contributed by atoms with van der Waals surface area (Å²) in [7, 11) is 0. The zero-order valence-electron chi connectivity index (χ0n) is 9.26. The van der Waals surface area contributed by atoms with Crippen LogP contribution in [0.15, 0.2) is 0 Å². The maximum Gasteiger partial charge on any atom is 0.143 e. The Balaban J connectivity index is 1.90. The molecule has 1 heterocycles. The van der Waals surface area contributed by atoms with Crippen molar-refractivity contribution in [2.45, 2.75) is 64.4 Å². The van der Waals surface area contributed by atoms with Crippen LogP contribution >= 0.6 is 0 Å². The third kappa shape index (κ3) is 2.30. The van der Waals surface area contributed by atoms with Gasteiger partial charge < -0.3 is 0 Å². The van der Waals surface area contributed by atoms with Gasteiger partial charge in [0.25, 0.3) is 0 Å². The standard InChI is InChI=1S/C12H23B/c1-10-7-11(2)9-13(8-10)12-5-3-4-6-12/h10-12H,3-9H2,1-2H3. The second kappa shape index (κ2) is 4.06. The molecule has 74 valence electrons. The van der Waals surface area contributed by atoms with Crippen molar-refractivity contribution in [3.8, 4) is 0 Å². The van der Waals surface area contributed by atoms with Gasteiger partial charge in [0.15, 0.2) is 0 Å². The zero-order chi connectivity index (χ0) is 9.26. The zero-order valence-corrected chi connectivity index (χ0v) is 9.26. The Kier molecular flexibility index (Phi) is 3.01. The molecule has 1 heteroatoms. The topological polar surface area (TPSA) is 0 Å². The second-order valence-corrected chi connectivity index (χ2v) is 5.72. The second-order valence-electron chi connectivity index (χ2n) is 5.72. The molecule has 1 saturated heterocycles. The number of rotatable bonds is 1. The van der Waals surface area contributed by atoms with E-state index in [0.29, 0.717) is 0 Å². The van der Waals surface area contributed by atoms with E-state index in [9.17, 15) is 0 Å². The van der Waals surface area contributed by atoms with Crippen LogP contribution in [0.4, 0.5) is 0 Å². The fourth-order valence-electron chi connectivity index (χ4n) is 3.82. The Morgan fingerprint density at radius 1 is 0.923 bits per heavy atom. The van der Waals surface area contributed by atoms with E-state index in [1.54, 1.807) is 12.8 Å². The van der Waals surface area contributed by atoms with Crippen molar-refractivity contribution in [3.05, 3.63) is 0 Å². The van der Waals surface area contributed by atoms with E-state index in [0.717, 1.165) is 24.4 Å². The van der Waals surface area contributed by atoms with Crippen molar-refractivity contribution in [3.63, 3.8) is 0 Å². The van der Waals surface area contributed by atoms with Crippen molar-refractivity contribution >= 4 is 6.71 Å². The van der Waals surface area contributed by atoms with Crippen LogP contribution in [0.5, 0.6) is 0 Å². The maximum absolute atomic E-state index is 2.46. The minimum absolute atomic E-state index is 1.01. The van der Waals surface area contributed by atoms with Crippen LogP contribution < -0.4 is 0 Å². The molecule has 0 aromatic heterocycles. The molecule has 1 aliphatic carbocycles. The van der Waals surface area contributed by atoms with Gasteiger partial charge in [-0.25, -0.2) is 0 Å². The van der Waals surface area contributed by atoms with Crippen molar-refractivity contribution in [1.29, 1.82) is 0 Å². The van der Waals surface area contributed by atoms with Gasteiger partial charge in [0, 0.05) is 0 Å². The van der Waals surface area contributed by atoms with Crippen molar-refractivity contribution in [2.75, 3.05) is 0 Å². The van der Waals surface area contributed by atoms with Crippen molar-refractivity contribution in [1.82, 2.24) is 0 Å². The molecule has 0 amide bonds. The third-order valence-corrected chi connectivity index (χ3v) is 4.28. The van der Waals surface area contributed by atoms with Gasteiger partial charge in [-0.3, -0.25) is 0 Å². The summed E-state index contributed by atoms with van der Waals surface area (Å²) in [6.07, 6.45) is 10.7. The lowest BCUT2D eigenvalue weighted by Crippen LogP contribution is -2.29. The van der Waals surface area contributed by atoms with Crippen LogP contribution in [0.25, 0.3) is 0 Å². The fourth-order valence-corrected chi connectivity index (χ4v) is 3.82. The average molecular weight is 178 g/mol. The molecule has 1 saturated carbocycles. The van der Waals surface area contributed by atoms with E-state index in [4.69, 9.17) is 0 Å². The first-order valence-corrected chi connectivity index (χ1v) is 6.25. The molecule has 0 spiro atoms. The first-order chi connectivity index (χ1) is 6.25. The minimum Gasteiger partial charge on any atom is -0.0713 e. The van der Waals surface area contributed by atoms with Gasteiger partial charge in [-0.05, 0) is 6.42 Å². The normalized spacial score (nSPS) is 36.9. The summed E-state index contributed by atoms with van der Waals surface area (Å²) >= 11 is 0. The Morgan fingerprint density at radius 3 is 2.00 bits per heavy atom. The molecule has 0 N–H and O–H groups in total. The Morgan fingerprint density at radius 2 is 1.46 bits per heavy atom. The molecule has 0 nitrogen and oxygen atoms in total. The highest BCUT2D eigenvalue weighted by molar-refractivity contribution is 6.60. The summed E-state index contributed by atoms with van der Waals surface area (Å²) in [6, 6.07) is 0. The predicted molar refractivity (Wildman–Crippen MR) is 60.5 cm³/mol. The smallest absolute Gasteiger partial charge is 0.0713 e. The van der Waals surface area contributed by atoms with E-state index in [-0.39, 0.29) is 0 Å². The molecular weight excluding hydrogens is 155 g/mol. The summed E-state index contributed by atoms with van der Waals surface area (Å²) < 4.78 is 0. The van der Waals surface area contributed by atoms with E-state index in [1.165, 1.54) is 31.9 Å². The molecule has 0 bridgehead atoms. The Bertz CT molecular complexity index is 151. The summed E-state index contributed by atoms with van der Waals surface area (Å²) in [5, 5.41) is 0. The molecule has 2 atom stereocenters. The molecule has 2 rings (SSSR count). The van der Waals surface area contributed by atoms with Gasteiger partial charge in [0.1, 0.15) is 6.71 Å². The molecule has 13 heavy (non-hydrogen) atoms. The van der Waals surface area contributed by atoms with E-state index in [2.05, 4.69) is 13.8 Å². The van der Waals surface area contributed by atoms with Gasteiger partial charge in [-0.2, -0.15) is 0 Å². The van der Waals surface area contributed by atoms with Gasteiger partial charge >= 0.3 is 0 Å². The highest BCUT2D eigenvalue weighted by atomic mass is 14.2. The van der Waals surface area contributed by atoms with Crippen LogP contribution in [-0.4, -0.2) is 6.71 Å². The Labute approximate surface area is 83.6 Å². The van der Waals surface area contributed by atoms with Crippen molar-refractivity contribution in [2.24, 2.45) is 11.8 Å². The monoisotopic (exact) mass is 178 g/mol. The van der Waals surface area contributed by atoms with Gasteiger partial charge in [0.05, 0.1) is 0 Å². The molecule has 2 unspecified atom stereocenters. The first kappa shape index (κ1) is 9.61. The molecule has 0 aromatic carbocycles. The number of hydrogen-bond acceptors (Lipinski definition) is 0. The van der Waals surface area contributed by atoms with E-state index < -0.39 is 0 Å². The van der Waals surface area contributed by atoms with Crippen molar-refractivity contribution < 1.29 is 0 Å². The van der Waals surface area contributed by atoms with Gasteiger partial charge in [-0.15, -0.1) is 0 Å². The fraction of sp³-hybridized carbons (Fsp3) is 1.00. The van der Waals surface area contributed by atoms with Gasteiger partial charge in [0.2, 0.25) is 0 Å². The number of hydrogen-bond donors (Lipinski definition) is 0. The van der Waals surface area contributed by atoms with E-state index in [1.807, 2.05) is 0 Å². The molecule has 1 aliphatic heterocycles. The third-order valence-electron chi connectivity index (χ3n) is 4.28. The molecular formula is C12H23B. The highest BCUT2D eigenvalue weighted by Gasteiger charge is 2.33. The van der Waals surface area contributed by atoms with Crippen LogP contribution in [-0.2, 0) is 0 Å². The largest absolute Gasteiger partial charge is 0.143 e. The lowest BCUT2D eigenvalue weighted by atomic mass is 9.31. The molecule has 2 fully saturated rings. The molecule has 2 aliphatic rings. The molecule has 0 aromatic rings. The van der Waals surface area contributed by atoms with Crippen LogP contribution in [0.3, 0.4) is 0 Å². The quantitative estimate of drug-likeness (QED) is 0.530. The highest BCUT2D eigenvalue weighted by Crippen LogP contribution is 2.41. The SMILES string of the molecule is CC1CB(C2CCCC2)CC(C)C1. The lowest BCUT2D eigenvalue weighted by Gasteiger charge is -2.32. The first-order valence-electron chi connectivity index (χ1n) is 6.25. The summed E-state index contributed by atoms with van der Waals surface area (Å²) in [5.41, 5.74) is 0. The summed E-state index contributed by atoms with van der Waals surface area (Å²) in [5.74, 6) is 3.13. The van der Waals surface area contributed by atoms with Gasteiger partial charge in [-0.1, -0.05) is 69.8 Å². The minimum atomic E-state index is 1.01.